The SMILES string of the molecule is Clc1ccc(-c2nnc(CNC3CCC(N4CC=Cc5cc(Cl)ccc54)CC3)o2)cc1. The fourth-order valence-electron chi connectivity index (χ4n) is 4.52. The molecule has 1 aliphatic heterocycles. The fraction of sp³-hybridized carbons (Fsp3) is 0.333. The van der Waals surface area contributed by atoms with Gasteiger partial charge in [0.15, 0.2) is 0 Å². The highest BCUT2D eigenvalue weighted by Crippen LogP contribution is 2.34. The minimum atomic E-state index is 0.465. The summed E-state index contributed by atoms with van der Waals surface area (Å²) >= 11 is 12.1. The summed E-state index contributed by atoms with van der Waals surface area (Å²) < 4.78 is 5.81. The summed E-state index contributed by atoms with van der Waals surface area (Å²) in [6.07, 6.45) is 8.99. The molecule has 1 saturated carbocycles. The zero-order valence-corrected chi connectivity index (χ0v) is 18.6. The summed E-state index contributed by atoms with van der Waals surface area (Å²) in [6.45, 7) is 1.55. The number of nitrogens with zero attached hydrogens (tertiary/aromatic N) is 3. The van der Waals surface area contributed by atoms with Crippen LogP contribution in [0.15, 0.2) is 53.0 Å². The maximum absolute atomic E-state index is 6.17. The molecule has 2 aromatic carbocycles. The minimum Gasteiger partial charge on any atom is -0.419 e. The van der Waals surface area contributed by atoms with Crippen LogP contribution in [0.2, 0.25) is 10.0 Å². The molecule has 1 aromatic heterocycles. The molecule has 0 unspecified atom stereocenters. The molecule has 7 heteroatoms. The quantitative estimate of drug-likeness (QED) is 0.513. The smallest absolute Gasteiger partial charge is 0.247 e. The molecule has 5 nitrogen and oxygen atoms in total. The van der Waals surface area contributed by atoms with Crippen molar-refractivity contribution in [2.24, 2.45) is 0 Å². The van der Waals surface area contributed by atoms with Crippen LogP contribution in [-0.4, -0.2) is 28.8 Å². The third-order valence-electron chi connectivity index (χ3n) is 6.14. The Morgan fingerprint density at radius 1 is 0.968 bits per heavy atom. The molecule has 3 aromatic rings. The minimum absolute atomic E-state index is 0.465. The van der Waals surface area contributed by atoms with Crippen LogP contribution in [0.25, 0.3) is 17.5 Å². The fourth-order valence-corrected chi connectivity index (χ4v) is 4.82. The van der Waals surface area contributed by atoms with Crippen molar-refractivity contribution in [2.75, 3.05) is 11.4 Å². The van der Waals surface area contributed by atoms with Gasteiger partial charge < -0.3 is 14.6 Å². The molecule has 1 fully saturated rings. The van der Waals surface area contributed by atoms with E-state index >= 15 is 0 Å². The first-order valence-corrected chi connectivity index (χ1v) is 11.5. The Labute approximate surface area is 192 Å². The number of anilines is 1. The van der Waals surface area contributed by atoms with Crippen molar-refractivity contribution < 1.29 is 4.42 Å². The van der Waals surface area contributed by atoms with Crippen molar-refractivity contribution in [2.45, 2.75) is 44.3 Å². The Hall–Kier alpha value is -2.34. The second-order valence-electron chi connectivity index (χ2n) is 8.15. The van der Waals surface area contributed by atoms with E-state index in [2.05, 4.69) is 44.7 Å². The number of nitrogens with one attached hydrogen (secondary N) is 1. The van der Waals surface area contributed by atoms with Crippen LogP contribution in [-0.2, 0) is 6.54 Å². The van der Waals surface area contributed by atoms with Crippen LogP contribution in [0.3, 0.4) is 0 Å². The van der Waals surface area contributed by atoms with Gasteiger partial charge in [-0.1, -0.05) is 35.4 Å². The Morgan fingerprint density at radius 3 is 2.55 bits per heavy atom. The number of rotatable bonds is 5. The summed E-state index contributed by atoms with van der Waals surface area (Å²) in [5.41, 5.74) is 3.39. The third kappa shape index (κ3) is 4.64. The second kappa shape index (κ2) is 9.03. The lowest BCUT2D eigenvalue weighted by atomic mass is 9.89. The molecule has 2 heterocycles. The van der Waals surface area contributed by atoms with E-state index in [1.165, 1.54) is 11.3 Å². The lowest BCUT2D eigenvalue weighted by molar-refractivity contribution is 0.322. The monoisotopic (exact) mass is 454 g/mol. The standard InChI is InChI=1S/C24H24Cl2N4O/c25-18-5-3-16(4-6-18)24-29-28-23(31-24)15-27-20-8-10-21(11-9-20)30-13-1-2-17-14-19(26)7-12-22(17)30/h1-7,12,14,20-21,27H,8-11,13,15H2. The second-order valence-corrected chi connectivity index (χ2v) is 9.02. The van der Waals surface area contributed by atoms with Gasteiger partial charge in [0.25, 0.3) is 0 Å². The average Bonchev–Trinajstić information content (AvgIpc) is 3.27. The molecule has 160 valence electrons. The molecule has 0 amide bonds. The lowest BCUT2D eigenvalue weighted by Crippen LogP contribution is -2.43. The van der Waals surface area contributed by atoms with Gasteiger partial charge in [0, 0.05) is 39.9 Å². The van der Waals surface area contributed by atoms with Crippen molar-refractivity contribution >= 4 is 35.0 Å². The van der Waals surface area contributed by atoms with Crippen LogP contribution in [0.4, 0.5) is 5.69 Å². The van der Waals surface area contributed by atoms with Crippen LogP contribution in [0.5, 0.6) is 0 Å². The van der Waals surface area contributed by atoms with Crippen molar-refractivity contribution in [1.29, 1.82) is 0 Å². The van der Waals surface area contributed by atoms with Crippen molar-refractivity contribution in [1.82, 2.24) is 15.5 Å². The Kier molecular flexibility index (Phi) is 5.99. The summed E-state index contributed by atoms with van der Waals surface area (Å²) in [4.78, 5) is 2.53. The van der Waals surface area contributed by atoms with Crippen LogP contribution < -0.4 is 10.2 Å². The van der Waals surface area contributed by atoms with Gasteiger partial charge in [-0.05, 0) is 73.7 Å². The molecule has 0 saturated heterocycles. The molecule has 5 rings (SSSR count). The largest absolute Gasteiger partial charge is 0.419 e. The van der Waals surface area contributed by atoms with E-state index in [9.17, 15) is 0 Å². The Bertz CT molecular complexity index is 1070. The molecule has 0 radical (unpaired) electrons. The van der Waals surface area contributed by atoms with Crippen LogP contribution in [0.1, 0.15) is 37.1 Å². The molecule has 0 atom stereocenters. The van der Waals surface area contributed by atoms with E-state index in [1.807, 2.05) is 30.3 Å². The first kappa shape index (κ1) is 20.6. The van der Waals surface area contributed by atoms with Crippen LogP contribution >= 0.6 is 23.2 Å². The van der Waals surface area contributed by atoms with Gasteiger partial charge >= 0.3 is 0 Å². The Balaban J connectivity index is 1.15. The maximum Gasteiger partial charge on any atom is 0.247 e. The topological polar surface area (TPSA) is 54.2 Å². The van der Waals surface area contributed by atoms with Gasteiger partial charge in [-0.25, -0.2) is 0 Å². The molecule has 0 spiro atoms. The summed E-state index contributed by atoms with van der Waals surface area (Å²) in [6, 6.07) is 14.6. The molecule has 0 bridgehead atoms. The number of aromatic nitrogens is 2. The maximum atomic E-state index is 6.17. The highest BCUT2D eigenvalue weighted by atomic mass is 35.5. The normalized spacial score (nSPS) is 20.6. The van der Waals surface area contributed by atoms with Gasteiger partial charge in [-0.3, -0.25) is 0 Å². The predicted octanol–water partition coefficient (Wildman–Crippen LogP) is 5.98. The van der Waals surface area contributed by atoms with E-state index in [1.54, 1.807) is 0 Å². The summed E-state index contributed by atoms with van der Waals surface area (Å²) in [5, 5.41) is 13.4. The van der Waals surface area contributed by atoms with Gasteiger partial charge in [-0.15, -0.1) is 10.2 Å². The molecular formula is C24H24Cl2N4O. The van der Waals surface area contributed by atoms with E-state index in [-0.39, 0.29) is 0 Å². The number of halogens is 2. The average molecular weight is 455 g/mol. The van der Waals surface area contributed by atoms with Crippen molar-refractivity contribution in [3.8, 4) is 11.5 Å². The van der Waals surface area contributed by atoms with Crippen LogP contribution in [0, 0.1) is 0 Å². The highest BCUT2D eigenvalue weighted by molar-refractivity contribution is 6.31. The van der Waals surface area contributed by atoms with E-state index < -0.39 is 0 Å². The zero-order chi connectivity index (χ0) is 21.2. The zero-order valence-electron chi connectivity index (χ0n) is 17.1. The highest BCUT2D eigenvalue weighted by Gasteiger charge is 2.27. The summed E-state index contributed by atoms with van der Waals surface area (Å²) in [5.74, 6) is 1.13. The number of benzene rings is 2. The van der Waals surface area contributed by atoms with E-state index in [0.717, 1.165) is 42.8 Å². The number of fused-ring (bicyclic) bond motifs is 1. The van der Waals surface area contributed by atoms with Gasteiger partial charge in [-0.2, -0.15) is 0 Å². The number of hydrogen-bond donors (Lipinski definition) is 1. The molecular weight excluding hydrogens is 431 g/mol. The molecule has 1 N–H and O–H groups in total. The molecule has 1 aliphatic carbocycles. The van der Waals surface area contributed by atoms with E-state index in [4.69, 9.17) is 27.6 Å². The van der Waals surface area contributed by atoms with Crippen molar-refractivity contribution in [3.05, 3.63) is 70.0 Å². The first-order chi connectivity index (χ1) is 15.2. The van der Waals surface area contributed by atoms with Gasteiger partial charge in [0.2, 0.25) is 11.8 Å². The van der Waals surface area contributed by atoms with Gasteiger partial charge in [0.05, 0.1) is 6.54 Å². The Morgan fingerprint density at radius 2 is 1.74 bits per heavy atom. The lowest BCUT2D eigenvalue weighted by Gasteiger charge is -2.40. The van der Waals surface area contributed by atoms with Crippen molar-refractivity contribution in [3.63, 3.8) is 0 Å². The predicted molar refractivity (Wildman–Crippen MR) is 125 cm³/mol. The number of hydrogen-bond acceptors (Lipinski definition) is 5. The molecule has 31 heavy (non-hydrogen) atoms. The first-order valence-electron chi connectivity index (χ1n) is 10.7. The summed E-state index contributed by atoms with van der Waals surface area (Å²) in [7, 11) is 0. The van der Waals surface area contributed by atoms with E-state index in [0.29, 0.717) is 35.4 Å². The third-order valence-corrected chi connectivity index (χ3v) is 6.62. The van der Waals surface area contributed by atoms with Gasteiger partial charge in [0.1, 0.15) is 0 Å². The molecule has 2 aliphatic rings.